The van der Waals surface area contributed by atoms with Crippen LogP contribution in [0.25, 0.3) is 0 Å². The van der Waals surface area contributed by atoms with Crippen molar-refractivity contribution in [1.29, 1.82) is 0 Å². The predicted molar refractivity (Wildman–Crippen MR) is 51.5 cm³/mol. The number of rotatable bonds is 3. The van der Waals surface area contributed by atoms with Gasteiger partial charge in [0.05, 0.1) is 13.5 Å². The van der Waals surface area contributed by atoms with E-state index in [-0.39, 0.29) is 17.7 Å². The zero-order chi connectivity index (χ0) is 10.7. The number of halogens is 1. The molecule has 0 radical (unpaired) electrons. The maximum atomic E-state index is 13.2. The summed E-state index contributed by atoms with van der Waals surface area (Å²) in [4.78, 5) is 10.8. The van der Waals surface area contributed by atoms with Crippen molar-refractivity contribution in [3.05, 3.63) is 23.5 Å². The Balaban J connectivity index is 3.17. The standard InChI is InChI=1S/C9H9FO3S/c1-13-9-5(3-8(11)12)2-6(14)4-7(9)10/h2,4,14H,3H2,1H3,(H,11,12). The molecular weight excluding hydrogens is 207 g/mol. The van der Waals surface area contributed by atoms with Crippen LogP contribution < -0.4 is 4.74 Å². The minimum absolute atomic E-state index is 0.0369. The first kappa shape index (κ1) is 10.8. The van der Waals surface area contributed by atoms with Crippen LogP contribution in [0.4, 0.5) is 4.39 Å². The quantitative estimate of drug-likeness (QED) is 0.757. The number of aliphatic carboxylic acids is 1. The highest BCUT2D eigenvalue weighted by molar-refractivity contribution is 7.80. The van der Waals surface area contributed by atoms with Crippen LogP contribution in [0.3, 0.4) is 0 Å². The van der Waals surface area contributed by atoms with Gasteiger partial charge >= 0.3 is 5.97 Å². The molecule has 0 heterocycles. The highest BCUT2D eigenvalue weighted by atomic mass is 32.1. The summed E-state index contributed by atoms with van der Waals surface area (Å²) < 4.78 is 18.0. The summed E-state index contributed by atoms with van der Waals surface area (Å²) in [5, 5.41) is 8.57. The fraction of sp³-hybridized carbons (Fsp3) is 0.222. The molecule has 0 aliphatic heterocycles. The first-order valence-electron chi connectivity index (χ1n) is 3.81. The van der Waals surface area contributed by atoms with Gasteiger partial charge in [-0.2, -0.15) is 0 Å². The van der Waals surface area contributed by atoms with Gasteiger partial charge in [0, 0.05) is 10.5 Å². The Labute approximate surface area is 85.9 Å². The first-order valence-corrected chi connectivity index (χ1v) is 4.26. The summed E-state index contributed by atoms with van der Waals surface area (Å²) in [5.74, 6) is -1.68. The Hall–Kier alpha value is -1.23. The van der Waals surface area contributed by atoms with Crippen molar-refractivity contribution < 1.29 is 19.0 Å². The Kier molecular flexibility index (Phi) is 3.35. The van der Waals surface area contributed by atoms with Gasteiger partial charge in [0.1, 0.15) is 0 Å². The SMILES string of the molecule is COc1c(F)cc(S)cc1CC(=O)O. The molecule has 0 saturated carbocycles. The van der Waals surface area contributed by atoms with Gasteiger partial charge in [-0.25, -0.2) is 4.39 Å². The van der Waals surface area contributed by atoms with Gasteiger partial charge in [-0.1, -0.05) is 0 Å². The number of hydrogen-bond donors (Lipinski definition) is 2. The van der Waals surface area contributed by atoms with Gasteiger partial charge in [-0.3, -0.25) is 4.79 Å². The van der Waals surface area contributed by atoms with Gasteiger partial charge < -0.3 is 9.84 Å². The number of ether oxygens (including phenoxy) is 1. The molecule has 0 bridgehead atoms. The summed E-state index contributed by atoms with van der Waals surface area (Å²) in [7, 11) is 1.29. The lowest BCUT2D eigenvalue weighted by atomic mass is 10.1. The number of carbonyl (C=O) groups is 1. The van der Waals surface area contributed by atoms with Gasteiger partial charge in [-0.15, -0.1) is 12.6 Å². The summed E-state index contributed by atoms with van der Waals surface area (Å²) in [6, 6.07) is 2.65. The third kappa shape index (κ3) is 2.38. The third-order valence-electron chi connectivity index (χ3n) is 1.65. The molecule has 0 fully saturated rings. The minimum atomic E-state index is -1.04. The summed E-state index contributed by atoms with van der Waals surface area (Å²) in [6.07, 6.45) is -0.283. The van der Waals surface area contributed by atoms with Crippen molar-refractivity contribution >= 4 is 18.6 Å². The van der Waals surface area contributed by atoms with E-state index in [0.717, 1.165) is 0 Å². The highest BCUT2D eigenvalue weighted by Crippen LogP contribution is 2.26. The highest BCUT2D eigenvalue weighted by Gasteiger charge is 2.13. The van der Waals surface area contributed by atoms with Crippen LogP contribution in [0.5, 0.6) is 5.75 Å². The van der Waals surface area contributed by atoms with E-state index in [1.165, 1.54) is 19.2 Å². The number of thiol groups is 1. The minimum Gasteiger partial charge on any atom is -0.493 e. The number of carboxylic acids is 1. The van der Waals surface area contributed by atoms with E-state index in [0.29, 0.717) is 4.90 Å². The van der Waals surface area contributed by atoms with Crippen LogP contribution in [0.2, 0.25) is 0 Å². The summed E-state index contributed by atoms with van der Waals surface area (Å²) in [6.45, 7) is 0. The van der Waals surface area contributed by atoms with Crippen molar-refractivity contribution in [2.45, 2.75) is 11.3 Å². The summed E-state index contributed by atoms with van der Waals surface area (Å²) in [5.41, 5.74) is 0.282. The third-order valence-corrected chi connectivity index (χ3v) is 1.91. The molecule has 5 heteroatoms. The predicted octanol–water partition coefficient (Wildman–Crippen LogP) is 1.75. The molecular formula is C9H9FO3S. The lowest BCUT2D eigenvalue weighted by Gasteiger charge is -2.08. The van der Waals surface area contributed by atoms with Crippen molar-refractivity contribution in [3.8, 4) is 5.75 Å². The molecule has 1 aromatic rings. The second kappa shape index (κ2) is 4.32. The number of carboxylic acid groups (broad SMARTS) is 1. The van der Waals surface area contributed by atoms with E-state index in [1.54, 1.807) is 0 Å². The maximum Gasteiger partial charge on any atom is 0.307 e. The topological polar surface area (TPSA) is 46.5 Å². The van der Waals surface area contributed by atoms with Crippen LogP contribution in [0.15, 0.2) is 17.0 Å². The fourth-order valence-corrected chi connectivity index (χ4v) is 1.43. The molecule has 14 heavy (non-hydrogen) atoms. The van der Waals surface area contributed by atoms with E-state index in [4.69, 9.17) is 9.84 Å². The first-order chi connectivity index (χ1) is 6.54. The van der Waals surface area contributed by atoms with Crippen molar-refractivity contribution in [1.82, 2.24) is 0 Å². The average molecular weight is 216 g/mol. The van der Waals surface area contributed by atoms with Crippen LogP contribution >= 0.6 is 12.6 Å². The van der Waals surface area contributed by atoms with E-state index in [2.05, 4.69) is 12.6 Å². The maximum absolute atomic E-state index is 13.2. The van der Waals surface area contributed by atoms with Gasteiger partial charge in [0.2, 0.25) is 0 Å². The molecule has 0 aliphatic rings. The second-order valence-electron chi connectivity index (χ2n) is 2.69. The van der Waals surface area contributed by atoms with E-state index >= 15 is 0 Å². The Morgan fingerprint density at radius 3 is 2.79 bits per heavy atom. The zero-order valence-electron chi connectivity index (χ0n) is 7.45. The lowest BCUT2D eigenvalue weighted by Crippen LogP contribution is -2.03. The fourth-order valence-electron chi connectivity index (χ4n) is 1.16. The molecule has 1 aromatic carbocycles. The van der Waals surface area contributed by atoms with Crippen LogP contribution in [0, 0.1) is 5.82 Å². The van der Waals surface area contributed by atoms with E-state index in [9.17, 15) is 9.18 Å². The Bertz CT molecular complexity index is 365. The number of benzene rings is 1. The molecule has 0 unspecified atom stereocenters. The molecule has 1 rings (SSSR count). The Morgan fingerprint density at radius 2 is 2.29 bits per heavy atom. The Morgan fingerprint density at radius 1 is 1.64 bits per heavy atom. The van der Waals surface area contributed by atoms with E-state index < -0.39 is 11.8 Å². The van der Waals surface area contributed by atoms with Crippen molar-refractivity contribution in [3.63, 3.8) is 0 Å². The lowest BCUT2D eigenvalue weighted by molar-refractivity contribution is -0.136. The molecule has 0 spiro atoms. The molecule has 0 aromatic heterocycles. The van der Waals surface area contributed by atoms with Crippen LogP contribution in [-0.4, -0.2) is 18.2 Å². The average Bonchev–Trinajstić information content (AvgIpc) is 2.01. The molecule has 76 valence electrons. The molecule has 0 saturated heterocycles. The van der Waals surface area contributed by atoms with Gasteiger partial charge in [-0.05, 0) is 12.1 Å². The van der Waals surface area contributed by atoms with Gasteiger partial charge in [0.15, 0.2) is 11.6 Å². The molecule has 3 nitrogen and oxygen atoms in total. The zero-order valence-corrected chi connectivity index (χ0v) is 8.35. The molecule has 1 N–H and O–H groups in total. The van der Waals surface area contributed by atoms with Crippen molar-refractivity contribution in [2.24, 2.45) is 0 Å². The normalized spacial score (nSPS) is 9.93. The van der Waals surface area contributed by atoms with Crippen molar-refractivity contribution in [2.75, 3.05) is 7.11 Å². The molecule has 0 aliphatic carbocycles. The number of methoxy groups -OCH3 is 1. The second-order valence-corrected chi connectivity index (χ2v) is 3.21. The van der Waals surface area contributed by atoms with Crippen LogP contribution in [-0.2, 0) is 11.2 Å². The number of hydrogen-bond acceptors (Lipinski definition) is 3. The smallest absolute Gasteiger partial charge is 0.307 e. The van der Waals surface area contributed by atoms with Gasteiger partial charge in [0.25, 0.3) is 0 Å². The monoisotopic (exact) mass is 216 g/mol. The summed E-state index contributed by atoms with van der Waals surface area (Å²) >= 11 is 3.94. The molecule has 0 amide bonds. The van der Waals surface area contributed by atoms with Crippen LogP contribution in [0.1, 0.15) is 5.56 Å². The van der Waals surface area contributed by atoms with E-state index in [1.807, 2.05) is 0 Å². The largest absolute Gasteiger partial charge is 0.493 e. The molecule has 0 atom stereocenters.